The molecular weight excluding hydrogens is 282 g/mol. The zero-order valence-electron chi connectivity index (χ0n) is 15.4. The minimum absolute atomic E-state index is 0.478. The highest BCUT2D eigenvalue weighted by atomic mass is 28.3. The quantitative estimate of drug-likeness (QED) is 0.623. The Labute approximate surface area is 141 Å². The van der Waals surface area contributed by atoms with Crippen molar-refractivity contribution in [2.45, 2.75) is 113 Å². The first kappa shape index (κ1) is 18.5. The lowest BCUT2D eigenvalue weighted by molar-refractivity contribution is 0.429. The fourth-order valence-electron chi connectivity index (χ4n) is 5.71. The van der Waals surface area contributed by atoms with Gasteiger partial charge >= 0.3 is 0 Å². The van der Waals surface area contributed by atoms with Crippen molar-refractivity contribution in [3.05, 3.63) is 0 Å². The Kier molecular flexibility index (Phi) is 9.14. The molecule has 3 rings (SSSR count). The number of nitrogens with one attached hydrogen (secondary N) is 1. The van der Waals surface area contributed by atoms with E-state index in [4.69, 9.17) is 0 Å². The summed E-state index contributed by atoms with van der Waals surface area (Å²) in [7, 11) is 3.27. The second kappa shape index (κ2) is 10.9. The van der Waals surface area contributed by atoms with E-state index >= 15 is 0 Å². The molecule has 3 saturated carbocycles. The lowest BCUT2D eigenvalue weighted by atomic mass is 9.98. The van der Waals surface area contributed by atoms with Gasteiger partial charge in [-0.25, -0.2) is 0 Å². The summed E-state index contributed by atoms with van der Waals surface area (Å²) in [6, 6.07) is 0. The fraction of sp³-hybridized carbons (Fsp3) is 1.00. The van der Waals surface area contributed by atoms with E-state index in [1.54, 1.807) is 96.3 Å². The highest BCUT2D eigenvalue weighted by Crippen LogP contribution is 2.49. The molecule has 1 nitrogen and oxygen atoms in total. The largest absolute Gasteiger partial charge is 0.323 e. The van der Waals surface area contributed by atoms with E-state index in [2.05, 4.69) is 5.32 Å². The van der Waals surface area contributed by atoms with Crippen LogP contribution in [0.15, 0.2) is 0 Å². The van der Waals surface area contributed by atoms with Crippen LogP contribution in [0.4, 0.5) is 0 Å². The first-order chi connectivity index (χ1) is 10.9. The maximum atomic E-state index is 2.75. The van der Waals surface area contributed by atoms with Crippen molar-refractivity contribution in [2.24, 2.45) is 0 Å². The van der Waals surface area contributed by atoms with Gasteiger partial charge in [0.1, 0.15) is 0 Å². The van der Waals surface area contributed by atoms with Gasteiger partial charge < -0.3 is 5.32 Å². The third kappa shape index (κ3) is 5.67. The Bertz CT molecular complexity index is 220. The maximum Gasteiger partial charge on any atom is 0.0461 e. The molecule has 1 N–H and O–H groups in total. The molecule has 0 radical (unpaired) electrons. The Morgan fingerprint density at radius 3 is 0.955 bits per heavy atom. The second-order valence-electron chi connectivity index (χ2n) is 8.27. The van der Waals surface area contributed by atoms with Crippen molar-refractivity contribution in [1.82, 2.24) is 5.32 Å². The molecule has 0 aromatic heterocycles. The van der Waals surface area contributed by atoms with Crippen LogP contribution in [0, 0.1) is 0 Å². The van der Waals surface area contributed by atoms with Gasteiger partial charge in [-0.05, 0) is 30.7 Å². The third-order valence-electron chi connectivity index (χ3n) is 6.58. The smallest absolute Gasteiger partial charge is 0.0461 e. The molecule has 0 aliphatic heterocycles. The molecule has 3 aliphatic carbocycles. The van der Waals surface area contributed by atoms with Gasteiger partial charge in [-0.1, -0.05) is 96.3 Å². The number of rotatable bonds is 3. The monoisotopic (exact) mass is 323 g/mol. The van der Waals surface area contributed by atoms with E-state index in [0.29, 0.717) is 0 Å². The van der Waals surface area contributed by atoms with Crippen molar-refractivity contribution in [2.75, 3.05) is 14.1 Å². The van der Waals surface area contributed by atoms with Gasteiger partial charge in [0.2, 0.25) is 0 Å². The van der Waals surface area contributed by atoms with E-state index in [1.807, 2.05) is 14.1 Å². The lowest BCUT2D eigenvalue weighted by Gasteiger charge is -2.42. The molecule has 0 amide bonds. The van der Waals surface area contributed by atoms with Crippen molar-refractivity contribution in [3.63, 3.8) is 0 Å². The molecule has 0 aromatic carbocycles. The molecule has 22 heavy (non-hydrogen) atoms. The number of hydrogen-bond acceptors (Lipinski definition) is 1. The molecule has 130 valence electrons. The topological polar surface area (TPSA) is 12.0 Å². The minimum Gasteiger partial charge on any atom is -0.323 e. The van der Waals surface area contributed by atoms with E-state index in [9.17, 15) is 0 Å². The summed E-state index contributed by atoms with van der Waals surface area (Å²) in [5, 5.41) is 2.75. The molecule has 3 aliphatic rings. The molecule has 2 heteroatoms. The van der Waals surface area contributed by atoms with Gasteiger partial charge in [-0.2, -0.15) is 0 Å². The van der Waals surface area contributed by atoms with Crippen LogP contribution in [0.1, 0.15) is 96.3 Å². The van der Waals surface area contributed by atoms with Gasteiger partial charge in [-0.15, -0.1) is 0 Å². The Balaban J connectivity index is 0.000000545. The summed E-state index contributed by atoms with van der Waals surface area (Å²) >= 11 is 0. The predicted molar refractivity (Wildman–Crippen MR) is 103 cm³/mol. The van der Waals surface area contributed by atoms with Crippen LogP contribution in [0.3, 0.4) is 0 Å². The van der Waals surface area contributed by atoms with E-state index < -0.39 is 8.80 Å². The molecule has 0 heterocycles. The fourth-order valence-corrected chi connectivity index (χ4v) is 11.7. The van der Waals surface area contributed by atoms with Crippen LogP contribution in [0.2, 0.25) is 16.6 Å². The van der Waals surface area contributed by atoms with Gasteiger partial charge in [-0.3, -0.25) is 0 Å². The molecular formula is C20H41NSi. The molecule has 3 fully saturated rings. The Morgan fingerprint density at radius 1 is 0.500 bits per heavy atom. The average molecular weight is 324 g/mol. The van der Waals surface area contributed by atoms with Crippen molar-refractivity contribution < 1.29 is 0 Å². The summed E-state index contributed by atoms with van der Waals surface area (Å²) in [5.41, 5.74) is 3.79. The maximum absolute atomic E-state index is 2.75. The van der Waals surface area contributed by atoms with Crippen molar-refractivity contribution in [3.8, 4) is 0 Å². The van der Waals surface area contributed by atoms with E-state index in [0.717, 1.165) is 0 Å². The van der Waals surface area contributed by atoms with Gasteiger partial charge in [0.05, 0.1) is 0 Å². The molecule has 0 saturated heterocycles. The first-order valence-electron chi connectivity index (χ1n) is 10.4. The van der Waals surface area contributed by atoms with Crippen molar-refractivity contribution in [1.29, 1.82) is 0 Å². The lowest BCUT2D eigenvalue weighted by Crippen LogP contribution is -2.35. The summed E-state index contributed by atoms with van der Waals surface area (Å²) in [4.78, 5) is 0. The Hall–Kier alpha value is 0.177. The highest BCUT2D eigenvalue weighted by Gasteiger charge is 2.38. The summed E-state index contributed by atoms with van der Waals surface area (Å²) in [6.07, 6.45) is 24.0. The standard InChI is InChI=1S/C18H34Si.C2H7N/c1-4-10-16(11-5-1)19(17-12-6-2-7-13-17)18-14-8-3-9-15-18;1-3-2/h16-19H,1-15H2;3H,1-2H3. The summed E-state index contributed by atoms with van der Waals surface area (Å²) in [5.74, 6) is 0. The first-order valence-corrected chi connectivity index (χ1v) is 12.4. The summed E-state index contributed by atoms with van der Waals surface area (Å²) < 4.78 is 0. The summed E-state index contributed by atoms with van der Waals surface area (Å²) in [6.45, 7) is 0. The van der Waals surface area contributed by atoms with Gasteiger partial charge in [0.15, 0.2) is 0 Å². The third-order valence-corrected chi connectivity index (χ3v) is 11.8. The second-order valence-corrected chi connectivity index (χ2v) is 12.3. The van der Waals surface area contributed by atoms with Crippen LogP contribution in [-0.2, 0) is 0 Å². The molecule has 0 spiro atoms. The van der Waals surface area contributed by atoms with Crippen molar-refractivity contribution >= 4 is 8.80 Å². The zero-order chi connectivity index (χ0) is 15.6. The van der Waals surface area contributed by atoms with E-state index in [1.165, 1.54) is 16.6 Å². The minimum atomic E-state index is -0.478. The number of hydrogen-bond donors (Lipinski definition) is 1. The van der Waals surface area contributed by atoms with Crippen LogP contribution < -0.4 is 5.32 Å². The van der Waals surface area contributed by atoms with Crippen LogP contribution >= 0.6 is 0 Å². The van der Waals surface area contributed by atoms with Gasteiger partial charge in [0.25, 0.3) is 0 Å². The zero-order valence-corrected chi connectivity index (χ0v) is 16.6. The SMILES string of the molecule is C1CCC([SiH](C2CCCCC2)C2CCCCC2)CC1.CNC. The Morgan fingerprint density at radius 2 is 0.727 bits per heavy atom. The molecule has 0 aromatic rings. The average Bonchev–Trinajstić information content (AvgIpc) is 2.59. The van der Waals surface area contributed by atoms with Crippen LogP contribution in [-0.4, -0.2) is 22.9 Å². The van der Waals surface area contributed by atoms with E-state index in [-0.39, 0.29) is 0 Å². The van der Waals surface area contributed by atoms with Crippen LogP contribution in [0.25, 0.3) is 0 Å². The van der Waals surface area contributed by atoms with Gasteiger partial charge in [0, 0.05) is 8.80 Å². The highest BCUT2D eigenvalue weighted by molar-refractivity contribution is 6.63. The van der Waals surface area contributed by atoms with Crippen LogP contribution in [0.5, 0.6) is 0 Å². The predicted octanol–water partition coefficient (Wildman–Crippen LogP) is 6.05. The normalized spacial score (nSPS) is 25.8. The molecule has 0 unspecified atom stereocenters. The molecule has 0 bridgehead atoms. The molecule has 0 atom stereocenters.